The molecule has 1 atom stereocenters. The van der Waals surface area contributed by atoms with E-state index in [1.165, 1.54) is 12.8 Å². The first kappa shape index (κ1) is 17.6. The lowest BCUT2D eigenvalue weighted by atomic mass is 10.0. The Hall–Kier alpha value is -1.71. The van der Waals surface area contributed by atoms with E-state index in [4.69, 9.17) is 15.2 Å². The standard InChI is InChI=1S/C19H23NO2.ClH/c1-2-21-18-12-16(19(20)15-8-9-15)10-11-17(18)22-13-14-6-4-3-5-7-14;/h3-7,10-12,15,19H,2,8-9,13,20H2,1H3;1H/t19-;/m0./s1. The Bertz CT molecular complexity index is 614. The third-order valence-corrected chi connectivity index (χ3v) is 4.02. The van der Waals surface area contributed by atoms with E-state index in [1.54, 1.807) is 0 Å². The van der Waals surface area contributed by atoms with E-state index in [0.717, 1.165) is 22.6 Å². The minimum Gasteiger partial charge on any atom is -0.490 e. The zero-order chi connectivity index (χ0) is 15.4. The van der Waals surface area contributed by atoms with Gasteiger partial charge in [-0.1, -0.05) is 36.4 Å². The van der Waals surface area contributed by atoms with Crippen LogP contribution in [0.3, 0.4) is 0 Å². The number of rotatable bonds is 7. The van der Waals surface area contributed by atoms with E-state index >= 15 is 0 Å². The van der Waals surface area contributed by atoms with Crippen molar-refractivity contribution in [3.05, 3.63) is 59.7 Å². The Labute approximate surface area is 144 Å². The van der Waals surface area contributed by atoms with Crippen LogP contribution < -0.4 is 15.2 Å². The summed E-state index contributed by atoms with van der Waals surface area (Å²) in [5.41, 5.74) is 8.56. The molecule has 0 aromatic heterocycles. The Balaban J connectivity index is 0.00000192. The molecule has 3 nitrogen and oxygen atoms in total. The minimum atomic E-state index is 0. The number of benzene rings is 2. The summed E-state index contributed by atoms with van der Waals surface area (Å²) in [7, 11) is 0. The predicted molar refractivity (Wildman–Crippen MR) is 95.3 cm³/mol. The van der Waals surface area contributed by atoms with Gasteiger partial charge in [-0.15, -0.1) is 12.4 Å². The lowest BCUT2D eigenvalue weighted by Crippen LogP contribution is -2.12. The highest BCUT2D eigenvalue weighted by Crippen LogP contribution is 2.41. The van der Waals surface area contributed by atoms with Crippen molar-refractivity contribution < 1.29 is 9.47 Å². The van der Waals surface area contributed by atoms with Crippen LogP contribution in [0.1, 0.15) is 36.9 Å². The lowest BCUT2D eigenvalue weighted by molar-refractivity contribution is 0.269. The van der Waals surface area contributed by atoms with Crippen molar-refractivity contribution >= 4 is 12.4 Å². The molecule has 0 amide bonds. The van der Waals surface area contributed by atoms with Gasteiger partial charge in [-0.3, -0.25) is 0 Å². The molecule has 4 heteroatoms. The Morgan fingerprint density at radius 2 is 1.78 bits per heavy atom. The highest BCUT2D eigenvalue weighted by Gasteiger charge is 2.30. The quantitative estimate of drug-likeness (QED) is 0.811. The molecule has 1 aliphatic carbocycles. The lowest BCUT2D eigenvalue weighted by Gasteiger charge is -2.16. The number of ether oxygens (including phenoxy) is 2. The van der Waals surface area contributed by atoms with Gasteiger partial charge in [-0.05, 0) is 48.9 Å². The summed E-state index contributed by atoms with van der Waals surface area (Å²) in [6.45, 7) is 3.13. The van der Waals surface area contributed by atoms with E-state index in [0.29, 0.717) is 19.1 Å². The molecule has 0 saturated heterocycles. The van der Waals surface area contributed by atoms with Crippen molar-refractivity contribution in [1.29, 1.82) is 0 Å². The molecule has 2 N–H and O–H groups in total. The van der Waals surface area contributed by atoms with Gasteiger partial charge in [0.2, 0.25) is 0 Å². The van der Waals surface area contributed by atoms with Crippen molar-refractivity contribution in [3.63, 3.8) is 0 Å². The van der Waals surface area contributed by atoms with Gasteiger partial charge in [0, 0.05) is 6.04 Å². The van der Waals surface area contributed by atoms with Gasteiger partial charge in [-0.2, -0.15) is 0 Å². The van der Waals surface area contributed by atoms with Crippen LogP contribution in [0, 0.1) is 5.92 Å². The topological polar surface area (TPSA) is 44.5 Å². The van der Waals surface area contributed by atoms with Crippen LogP contribution in [0.2, 0.25) is 0 Å². The van der Waals surface area contributed by atoms with Crippen molar-refractivity contribution in [2.75, 3.05) is 6.61 Å². The Morgan fingerprint density at radius 1 is 1.04 bits per heavy atom. The third-order valence-electron chi connectivity index (χ3n) is 4.02. The average Bonchev–Trinajstić information content (AvgIpc) is 3.39. The minimum absolute atomic E-state index is 0. The summed E-state index contributed by atoms with van der Waals surface area (Å²) in [6.07, 6.45) is 2.47. The van der Waals surface area contributed by atoms with Crippen LogP contribution in [0.15, 0.2) is 48.5 Å². The molecule has 1 fully saturated rings. The molecule has 0 aliphatic heterocycles. The number of hydrogen-bond donors (Lipinski definition) is 1. The fourth-order valence-electron chi connectivity index (χ4n) is 2.58. The van der Waals surface area contributed by atoms with Gasteiger partial charge in [0.15, 0.2) is 11.5 Å². The summed E-state index contributed by atoms with van der Waals surface area (Å²) in [6, 6.07) is 16.3. The van der Waals surface area contributed by atoms with E-state index in [1.807, 2.05) is 37.3 Å². The molecule has 2 aromatic carbocycles. The smallest absolute Gasteiger partial charge is 0.161 e. The van der Waals surface area contributed by atoms with Crippen LogP contribution in [0.5, 0.6) is 11.5 Å². The van der Waals surface area contributed by atoms with E-state index in [-0.39, 0.29) is 18.4 Å². The molecular weight excluding hydrogens is 310 g/mol. The maximum Gasteiger partial charge on any atom is 0.161 e. The Morgan fingerprint density at radius 3 is 2.43 bits per heavy atom. The third kappa shape index (κ3) is 4.63. The zero-order valence-corrected chi connectivity index (χ0v) is 14.2. The monoisotopic (exact) mass is 333 g/mol. The molecule has 1 saturated carbocycles. The first-order valence-electron chi connectivity index (χ1n) is 7.97. The van der Waals surface area contributed by atoms with Gasteiger partial charge in [0.25, 0.3) is 0 Å². The van der Waals surface area contributed by atoms with Crippen LogP contribution in [0.4, 0.5) is 0 Å². The molecule has 3 rings (SSSR count). The van der Waals surface area contributed by atoms with E-state index in [9.17, 15) is 0 Å². The second kappa shape index (κ2) is 8.23. The summed E-state index contributed by atoms with van der Waals surface area (Å²) >= 11 is 0. The number of nitrogens with two attached hydrogens (primary N) is 1. The molecule has 2 aromatic rings. The second-order valence-corrected chi connectivity index (χ2v) is 5.78. The summed E-state index contributed by atoms with van der Waals surface area (Å²) in [5.74, 6) is 2.19. The van der Waals surface area contributed by atoms with Crippen molar-refractivity contribution in [1.82, 2.24) is 0 Å². The second-order valence-electron chi connectivity index (χ2n) is 5.78. The molecule has 0 unspecified atom stereocenters. The van der Waals surface area contributed by atoms with Crippen LogP contribution in [-0.2, 0) is 6.61 Å². The van der Waals surface area contributed by atoms with E-state index < -0.39 is 0 Å². The predicted octanol–water partition coefficient (Wildman–Crippen LogP) is 4.50. The van der Waals surface area contributed by atoms with Gasteiger partial charge < -0.3 is 15.2 Å². The highest BCUT2D eigenvalue weighted by atomic mass is 35.5. The van der Waals surface area contributed by atoms with Crippen molar-refractivity contribution in [3.8, 4) is 11.5 Å². The summed E-state index contributed by atoms with van der Waals surface area (Å²) < 4.78 is 11.7. The van der Waals surface area contributed by atoms with Gasteiger partial charge in [0.1, 0.15) is 6.61 Å². The first-order chi connectivity index (χ1) is 10.8. The summed E-state index contributed by atoms with van der Waals surface area (Å²) in [5, 5.41) is 0. The maximum absolute atomic E-state index is 6.28. The maximum atomic E-state index is 6.28. The zero-order valence-electron chi connectivity index (χ0n) is 13.4. The Kier molecular flexibility index (Phi) is 6.31. The van der Waals surface area contributed by atoms with Crippen LogP contribution in [-0.4, -0.2) is 6.61 Å². The molecular formula is C19H24ClNO2. The van der Waals surface area contributed by atoms with Gasteiger partial charge in [0.05, 0.1) is 6.61 Å². The fraction of sp³-hybridized carbons (Fsp3) is 0.368. The fourth-order valence-corrected chi connectivity index (χ4v) is 2.58. The molecule has 0 radical (unpaired) electrons. The molecule has 0 bridgehead atoms. The van der Waals surface area contributed by atoms with Gasteiger partial charge in [-0.25, -0.2) is 0 Å². The summed E-state index contributed by atoms with van der Waals surface area (Å²) in [4.78, 5) is 0. The van der Waals surface area contributed by atoms with Crippen molar-refractivity contribution in [2.24, 2.45) is 11.7 Å². The number of hydrogen-bond acceptors (Lipinski definition) is 3. The SMILES string of the molecule is CCOc1cc([C@@H](N)C2CC2)ccc1OCc1ccccc1.Cl. The average molecular weight is 334 g/mol. The first-order valence-corrected chi connectivity index (χ1v) is 7.97. The van der Waals surface area contributed by atoms with E-state index in [2.05, 4.69) is 18.2 Å². The van der Waals surface area contributed by atoms with Crippen LogP contribution >= 0.6 is 12.4 Å². The molecule has 1 aliphatic rings. The molecule has 124 valence electrons. The van der Waals surface area contributed by atoms with Crippen LogP contribution in [0.25, 0.3) is 0 Å². The molecule has 0 heterocycles. The molecule has 23 heavy (non-hydrogen) atoms. The normalized spacial score (nSPS) is 14.7. The van der Waals surface area contributed by atoms with Crippen molar-refractivity contribution in [2.45, 2.75) is 32.4 Å². The van der Waals surface area contributed by atoms with Gasteiger partial charge >= 0.3 is 0 Å². The number of halogens is 1. The largest absolute Gasteiger partial charge is 0.490 e. The highest BCUT2D eigenvalue weighted by molar-refractivity contribution is 5.85. The molecule has 0 spiro atoms.